The molecule has 31 heavy (non-hydrogen) atoms. The molecule has 8 heteroatoms. The van der Waals surface area contributed by atoms with Crippen molar-refractivity contribution in [2.24, 2.45) is 4.99 Å². The molecular weight excluding hydrogens is 507 g/mol. The number of ether oxygens (including phenoxy) is 3. The first-order valence-corrected chi connectivity index (χ1v) is 10.2. The van der Waals surface area contributed by atoms with E-state index in [2.05, 4.69) is 50.4 Å². The fourth-order valence-electron chi connectivity index (χ4n) is 3.77. The first kappa shape index (κ1) is 24.9. The highest BCUT2D eigenvalue weighted by atomic mass is 127. The molecule has 2 aromatic rings. The van der Waals surface area contributed by atoms with E-state index < -0.39 is 0 Å². The summed E-state index contributed by atoms with van der Waals surface area (Å²) >= 11 is 0. The van der Waals surface area contributed by atoms with E-state index in [1.54, 1.807) is 21.3 Å². The first-order chi connectivity index (χ1) is 14.7. The zero-order chi connectivity index (χ0) is 21.3. The van der Waals surface area contributed by atoms with Crippen molar-refractivity contribution in [2.75, 3.05) is 66.0 Å². The molecule has 0 bridgehead atoms. The Morgan fingerprint density at radius 3 is 2.06 bits per heavy atom. The van der Waals surface area contributed by atoms with Crippen LogP contribution < -0.4 is 24.4 Å². The number of hydrogen-bond donors (Lipinski definition) is 1. The fraction of sp³-hybridized carbons (Fsp3) is 0.435. The molecule has 1 aliphatic heterocycles. The van der Waals surface area contributed by atoms with Gasteiger partial charge in [-0.25, -0.2) is 0 Å². The molecule has 0 atom stereocenters. The minimum absolute atomic E-state index is 0. The number of halogens is 1. The number of rotatable bonds is 7. The smallest absolute Gasteiger partial charge is 0.193 e. The molecule has 3 rings (SSSR count). The van der Waals surface area contributed by atoms with Crippen molar-refractivity contribution in [3.8, 4) is 17.2 Å². The Hall–Kier alpha value is -2.36. The highest BCUT2D eigenvalue weighted by Crippen LogP contribution is 2.34. The Morgan fingerprint density at radius 2 is 1.55 bits per heavy atom. The van der Waals surface area contributed by atoms with Gasteiger partial charge in [0.15, 0.2) is 5.96 Å². The second kappa shape index (κ2) is 12.5. The number of methoxy groups -OCH3 is 3. The topological polar surface area (TPSA) is 58.6 Å². The van der Waals surface area contributed by atoms with E-state index in [0.29, 0.717) is 5.75 Å². The second-order valence-electron chi connectivity index (χ2n) is 7.04. The summed E-state index contributed by atoms with van der Waals surface area (Å²) in [7, 11) is 6.80. The van der Waals surface area contributed by atoms with Gasteiger partial charge in [0.2, 0.25) is 0 Å². The van der Waals surface area contributed by atoms with E-state index in [1.807, 2.05) is 19.2 Å². The van der Waals surface area contributed by atoms with Gasteiger partial charge in [0.05, 0.1) is 21.3 Å². The molecule has 1 N–H and O–H groups in total. The third-order valence-corrected chi connectivity index (χ3v) is 5.39. The molecule has 2 aromatic carbocycles. The summed E-state index contributed by atoms with van der Waals surface area (Å²) in [5.74, 6) is 3.17. The molecule has 1 fully saturated rings. The lowest BCUT2D eigenvalue weighted by Gasteiger charge is -2.37. The summed E-state index contributed by atoms with van der Waals surface area (Å²) in [4.78, 5) is 9.20. The SMILES string of the molecule is CN=C(NCCc1c(OC)cc(OC)cc1OC)N1CCN(c2ccccc2)CC1.I. The van der Waals surface area contributed by atoms with Crippen molar-refractivity contribution < 1.29 is 14.2 Å². The Bertz CT molecular complexity index is 815. The van der Waals surface area contributed by atoms with Crippen LogP contribution in [0.4, 0.5) is 5.69 Å². The second-order valence-corrected chi connectivity index (χ2v) is 7.04. The predicted molar refractivity (Wildman–Crippen MR) is 137 cm³/mol. The van der Waals surface area contributed by atoms with Crippen LogP contribution in [0.3, 0.4) is 0 Å². The van der Waals surface area contributed by atoms with Gasteiger partial charge in [-0.15, -0.1) is 24.0 Å². The summed E-state index contributed by atoms with van der Waals surface area (Å²) in [6.07, 6.45) is 0.749. The molecular formula is C23H33IN4O3. The molecule has 0 radical (unpaired) electrons. The van der Waals surface area contributed by atoms with Crippen molar-refractivity contribution in [2.45, 2.75) is 6.42 Å². The Labute approximate surface area is 202 Å². The van der Waals surface area contributed by atoms with Crippen LogP contribution in [0, 0.1) is 0 Å². The third kappa shape index (κ3) is 6.32. The molecule has 7 nitrogen and oxygen atoms in total. The van der Waals surface area contributed by atoms with Crippen LogP contribution in [0.15, 0.2) is 47.5 Å². The van der Waals surface area contributed by atoms with Gasteiger partial charge < -0.3 is 29.3 Å². The average Bonchev–Trinajstić information content (AvgIpc) is 2.82. The van der Waals surface area contributed by atoms with Crippen molar-refractivity contribution in [1.82, 2.24) is 10.2 Å². The van der Waals surface area contributed by atoms with Crippen LogP contribution in [-0.4, -0.2) is 72.0 Å². The summed E-state index contributed by atoms with van der Waals surface area (Å²) in [6, 6.07) is 14.3. The van der Waals surface area contributed by atoms with E-state index in [0.717, 1.165) is 62.2 Å². The van der Waals surface area contributed by atoms with Crippen LogP contribution in [0.5, 0.6) is 17.2 Å². The van der Waals surface area contributed by atoms with Gasteiger partial charge in [-0.2, -0.15) is 0 Å². The maximum atomic E-state index is 5.55. The molecule has 0 unspecified atom stereocenters. The zero-order valence-electron chi connectivity index (χ0n) is 18.8. The summed E-state index contributed by atoms with van der Waals surface area (Å²) in [5.41, 5.74) is 2.29. The number of aliphatic imine (C=N–C) groups is 1. The minimum atomic E-state index is 0. The van der Waals surface area contributed by atoms with Gasteiger partial charge in [-0.3, -0.25) is 4.99 Å². The number of guanidine groups is 1. The molecule has 0 aliphatic carbocycles. The quantitative estimate of drug-likeness (QED) is 0.331. The summed E-state index contributed by atoms with van der Waals surface area (Å²) < 4.78 is 16.4. The van der Waals surface area contributed by atoms with Gasteiger partial charge in [-0.1, -0.05) is 18.2 Å². The minimum Gasteiger partial charge on any atom is -0.496 e. The van der Waals surface area contributed by atoms with Gasteiger partial charge in [0.25, 0.3) is 0 Å². The fourth-order valence-corrected chi connectivity index (χ4v) is 3.77. The normalized spacial score (nSPS) is 14.0. The molecule has 1 saturated heterocycles. The molecule has 170 valence electrons. The van der Waals surface area contributed by atoms with Crippen LogP contribution in [0.1, 0.15) is 5.56 Å². The van der Waals surface area contributed by atoms with Gasteiger partial charge in [0, 0.05) is 63.2 Å². The predicted octanol–water partition coefficient (Wildman–Crippen LogP) is 3.27. The van der Waals surface area contributed by atoms with Crippen molar-refractivity contribution in [3.05, 3.63) is 48.0 Å². The molecule has 1 heterocycles. The lowest BCUT2D eigenvalue weighted by molar-refractivity contribution is 0.365. The molecule has 1 aliphatic rings. The first-order valence-electron chi connectivity index (χ1n) is 10.2. The largest absolute Gasteiger partial charge is 0.496 e. The molecule has 0 amide bonds. The number of piperazine rings is 1. The number of anilines is 1. The van der Waals surface area contributed by atoms with E-state index in [-0.39, 0.29) is 24.0 Å². The number of nitrogens with zero attached hydrogens (tertiary/aromatic N) is 3. The van der Waals surface area contributed by atoms with Crippen LogP contribution in [-0.2, 0) is 6.42 Å². The Kier molecular flexibility index (Phi) is 10.0. The summed E-state index contributed by atoms with van der Waals surface area (Å²) in [6.45, 7) is 4.55. The molecule has 0 spiro atoms. The lowest BCUT2D eigenvalue weighted by atomic mass is 10.1. The Balaban J connectivity index is 0.00000341. The lowest BCUT2D eigenvalue weighted by Crippen LogP contribution is -2.52. The highest BCUT2D eigenvalue weighted by molar-refractivity contribution is 14.0. The van der Waals surface area contributed by atoms with E-state index in [9.17, 15) is 0 Å². The van der Waals surface area contributed by atoms with E-state index in [1.165, 1.54) is 5.69 Å². The van der Waals surface area contributed by atoms with Gasteiger partial charge in [-0.05, 0) is 18.6 Å². The van der Waals surface area contributed by atoms with E-state index in [4.69, 9.17) is 14.2 Å². The van der Waals surface area contributed by atoms with E-state index >= 15 is 0 Å². The third-order valence-electron chi connectivity index (χ3n) is 5.39. The zero-order valence-corrected chi connectivity index (χ0v) is 21.1. The average molecular weight is 540 g/mol. The number of nitrogens with one attached hydrogen (secondary N) is 1. The summed E-state index contributed by atoms with van der Waals surface area (Å²) in [5, 5.41) is 3.49. The van der Waals surface area contributed by atoms with Crippen molar-refractivity contribution in [3.63, 3.8) is 0 Å². The standard InChI is InChI=1S/C23H32N4O3.HI/c1-24-23(27-14-12-26(13-15-27)18-8-6-5-7-9-18)25-11-10-20-21(29-3)16-19(28-2)17-22(20)30-4;/h5-9,16-17H,10-15H2,1-4H3,(H,24,25);1H. The van der Waals surface area contributed by atoms with Crippen LogP contribution >= 0.6 is 24.0 Å². The van der Waals surface area contributed by atoms with Crippen LogP contribution in [0.2, 0.25) is 0 Å². The monoisotopic (exact) mass is 540 g/mol. The van der Waals surface area contributed by atoms with Crippen molar-refractivity contribution >= 4 is 35.6 Å². The van der Waals surface area contributed by atoms with Gasteiger partial charge in [0.1, 0.15) is 17.2 Å². The van der Waals surface area contributed by atoms with Crippen molar-refractivity contribution in [1.29, 1.82) is 0 Å². The molecule has 0 aromatic heterocycles. The highest BCUT2D eigenvalue weighted by Gasteiger charge is 2.20. The number of para-hydroxylation sites is 1. The number of hydrogen-bond acceptors (Lipinski definition) is 5. The maximum Gasteiger partial charge on any atom is 0.193 e. The Morgan fingerprint density at radius 1 is 0.935 bits per heavy atom. The van der Waals surface area contributed by atoms with Crippen LogP contribution in [0.25, 0.3) is 0 Å². The molecule has 0 saturated carbocycles. The van der Waals surface area contributed by atoms with Gasteiger partial charge >= 0.3 is 0 Å². The maximum absolute atomic E-state index is 5.55. The number of benzene rings is 2.